The number of aromatic amines is 1. The third-order valence-electron chi connectivity index (χ3n) is 2.95. The smallest absolute Gasteiger partial charge is 0.199 e. The van der Waals surface area contributed by atoms with Gasteiger partial charge in [-0.3, -0.25) is 4.98 Å². The Morgan fingerprint density at radius 1 is 1.00 bits per heavy atom. The molecule has 0 aliphatic heterocycles. The van der Waals surface area contributed by atoms with E-state index in [9.17, 15) is 10.2 Å². The van der Waals surface area contributed by atoms with Crippen molar-refractivity contribution in [3.8, 4) is 11.8 Å². The number of aromatic hydroxyl groups is 2. The van der Waals surface area contributed by atoms with E-state index in [-0.39, 0.29) is 11.8 Å². The minimum Gasteiger partial charge on any atom is -0.494 e. The predicted molar refractivity (Wildman–Crippen MR) is 58.5 cm³/mol. The van der Waals surface area contributed by atoms with E-state index in [2.05, 4.69) is 4.98 Å². The van der Waals surface area contributed by atoms with Gasteiger partial charge in [0, 0.05) is 0 Å². The maximum absolute atomic E-state index is 9.67. The van der Waals surface area contributed by atoms with Crippen LogP contribution in [-0.2, 0) is 0 Å². The van der Waals surface area contributed by atoms with Gasteiger partial charge in [0.15, 0.2) is 11.8 Å². The van der Waals surface area contributed by atoms with Gasteiger partial charge in [0.25, 0.3) is 0 Å². The van der Waals surface area contributed by atoms with Crippen LogP contribution in [0.1, 0.15) is 25.0 Å². The molecular formula is C12H11NO2. The van der Waals surface area contributed by atoms with Crippen LogP contribution >= 0.6 is 0 Å². The summed E-state index contributed by atoms with van der Waals surface area (Å²) in [7, 11) is 0. The number of fused-ring (bicyclic) bond motifs is 5. The molecule has 0 unspecified atom stereocenters. The monoisotopic (exact) mass is 201 g/mol. The van der Waals surface area contributed by atoms with E-state index in [1.807, 2.05) is 26.0 Å². The van der Waals surface area contributed by atoms with Gasteiger partial charge in [-0.05, 0) is 30.6 Å². The molecule has 3 nitrogen and oxygen atoms in total. The molecular weight excluding hydrogens is 190 g/mol. The number of hydrogen-bond acceptors (Lipinski definition) is 2. The molecule has 0 atom stereocenters. The minimum absolute atomic E-state index is 0.0515. The Bertz CT molecular complexity index is 524. The maximum atomic E-state index is 9.67. The van der Waals surface area contributed by atoms with Crippen LogP contribution in [0.5, 0.6) is 11.8 Å². The molecule has 1 aromatic rings. The molecule has 2 aliphatic carbocycles. The lowest BCUT2D eigenvalue weighted by atomic mass is 10.0. The summed E-state index contributed by atoms with van der Waals surface area (Å²) in [6.07, 6.45) is 3.96. The summed E-state index contributed by atoms with van der Waals surface area (Å²) >= 11 is 0. The van der Waals surface area contributed by atoms with Crippen molar-refractivity contribution in [2.75, 3.05) is 0 Å². The summed E-state index contributed by atoms with van der Waals surface area (Å²) in [6.45, 7) is 4.07. The summed E-state index contributed by atoms with van der Waals surface area (Å²) in [5.74, 6) is 0.103. The molecule has 3 heteroatoms. The quantitative estimate of drug-likeness (QED) is 0.604. The highest BCUT2D eigenvalue weighted by Gasteiger charge is 2.36. The molecule has 0 spiro atoms. The summed E-state index contributed by atoms with van der Waals surface area (Å²) < 4.78 is 0. The first-order valence-electron chi connectivity index (χ1n) is 4.86. The zero-order chi connectivity index (χ0) is 10.7. The van der Waals surface area contributed by atoms with Gasteiger partial charge in [-0.15, -0.1) is 0 Å². The highest BCUT2D eigenvalue weighted by atomic mass is 16.3. The maximum Gasteiger partial charge on any atom is 0.199 e. The van der Waals surface area contributed by atoms with E-state index in [1.165, 1.54) is 5.57 Å². The van der Waals surface area contributed by atoms with Crippen molar-refractivity contribution >= 4 is 11.1 Å². The van der Waals surface area contributed by atoms with Gasteiger partial charge < -0.3 is 10.2 Å². The molecule has 1 heterocycles. The van der Waals surface area contributed by atoms with E-state index in [4.69, 9.17) is 0 Å². The first-order valence-corrected chi connectivity index (χ1v) is 4.86. The van der Waals surface area contributed by atoms with E-state index in [0.717, 1.165) is 27.8 Å². The second kappa shape index (κ2) is 2.37. The van der Waals surface area contributed by atoms with Crippen molar-refractivity contribution < 1.29 is 10.2 Å². The van der Waals surface area contributed by atoms with Gasteiger partial charge in [-0.1, -0.05) is 17.7 Å². The average molecular weight is 201 g/mol. The number of rotatable bonds is 0. The molecule has 2 aliphatic rings. The van der Waals surface area contributed by atoms with Crippen molar-refractivity contribution in [2.24, 2.45) is 0 Å². The number of hydrogen-bond donors (Lipinski definition) is 3. The first kappa shape index (κ1) is 8.41. The number of aromatic nitrogens is 1. The van der Waals surface area contributed by atoms with E-state index < -0.39 is 0 Å². The zero-order valence-corrected chi connectivity index (χ0v) is 8.55. The first-order chi connectivity index (χ1) is 7.11. The fourth-order valence-corrected chi connectivity index (χ4v) is 2.43. The highest BCUT2D eigenvalue weighted by molar-refractivity contribution is 6.15. The number of H-pyrrole nitrogens is 1. The van der Waals surface area contributed by atoms with Crippen molar-refractivity contribution in [2.45, 2.75) is 13.8 Å². The number of allylic oxidation sites excluding steroid dienone is 6. The van der Waals surface area contributed by atoms with Crippen LogP contribution in [0, 0.1) is 0 Å². The summed E-state index contributed by atoms with van der Waals surface area (Å²) in [5, 5.41) is 19.3. The Hall–Kier alpha value is -1.90. The number of nitrogens with one attached hydrogen (secondary N) is 1. The van der Waals surface area contributed by atoms with Crippen LogP contribution in [0.15, 0.2) is 23.3 Å². The Morgan fingerprint density at radius 3 is 1.87 bits per heavy atom. The van der Waals surface area contributed by atoms with Crippen LogP contribution in [0.25, 0.3) is 11.1 Å². The van der Waals surface area contributed by atoms with Crippen LogP contribution < -0.4 is 0 Å². The van der Waals surface area contributed by atoms with Gasteiger partial charge in [0.1, 0.15) is 0 Å². The van der Waals surface area contributed by atoms with Crippen molar-refractivity contribution in [1.29, 1.82) is 0 Å². The SMILES string of the molecule is CC(C)=C1C2=CC=C1c1c(O)[nH]c(O)c12. The molecule has 0 saturated heterocycles. The topological polar surface area (TPSA) is 56.2 Å². The summed E-state index contributed by atoms with van der Waals surface area (Å²) in [4.78, 5) is 2.55. The van der Waals surface area contributed by atoms with Gasteiger partial charge in [0.2, 0.25) is 0 Å². The Morgan fingerprint density at radius 2 is 1.47 bits per heavy atom. The van der Waals surface area contributed by atoms with Gasteiger partial charge in [-0.25, -0.2) is 0 Å². The molecule has 0 fully saturated rings. The van der Waals surface area contributed by atoms with Gasteiger partial charge >= 0.3 is 0 Å². The van der Waals surface area contributed by atoms with Crippen LogP contribution in [0.4, 0.5) is 0 Å². The molecule has 0 saturated carbocycles. The zero-order valence-electron chi connectivity index (χ0n) is 8.55. The Labute approximate surface area is 87.1 Å². The molecule has 0 amide bonds. The van der Waals surface area contributed by atoms with Crippen molar-refractivity contribution in [3.63, 3.8) is 0 Å². The lowest BCUT2D eigenvalue weighted by molar-refractivity contribution is 0.424. The van der Waals surface area contributed by atoms with Crippen LogP contribution in [-0.4, -0.2) is 15.2 Å². The second-order valence-corrected chi connectivity index (χ2v) is 4.11. The van der Waals surface area contributed by atoms with Gasteiger partial charge in [-0.2, -0.15) is 0 Å². The van der Waals surface area contributed by atoms with Crippen LogP contribution in [0.2, 0.25) is 0 Å². The highest BCUT2D eigenvalue weighted by Crippen LogP contribution is 2.56. The Kier molecular flexibility index (Phi) is 1.33. The lowest BCUT2D eigenvalue weighted by Gasteiger charge is -2.02. The molecule has 3 N–H and O–H groups in total. The molecule has 0 aromatic carbocycles. The van der Waals surface area contributed by atoms with Crippen molar-refractivity contribution in [1.82, 2.24) is 4.98 Å². The molecule has 76 valence electrons. The molecule has 0 radical (unpaired) electrons. The van der Waals surface area contributed by atoms with Crippen molar-refractivity contribution in [3.05, 3.63) is 34.4 Å². The largest absolute Gasteiger partial charge is 0.494 e. The third kappa shape index (κ3) is 0.807. The third-order valence-corrected chi connectivity index (χ3v) is 2.95. The molecule has 3 rings (SSSR count). The normalized spacial score (nSPS) is 16.5. The summed E-state index contributed by atoms with van der Waals surface area (Å²) in [5.41, 5.74) is 5.82. The molecule has 1 aromatic heterocycles. The standard InChI is InChI=1S/C12H11NO2/c1-5(2)8-6-3-4-7(8)10-9(6)11(14)13-12(10)15/h3-4,13-15H,1-2H3. The molecule has 15 heavy (non-hydrogen) atoms. The van der Waals surface area contributed by atoms with E-state index in [1.54, 1.807) is 0 Å². The predicted octanol–water partition coefficient (Wildman–Crippen LogP) is 2.56. The Balaban J connectivity index is 2.39. The van der Waals surface area contributed by atoms with Gasteiger partial charge in [0.05, 0.1) is 11.1 Å². The fourth-order valence-electron chi connectivity index (χ4n) is 2.43. The molecule has 2 bridgehead atoms. The van der Waals surface area contributed by atoms with Crippen LogP contribution in [0.3, 0.4) is 0 Å². The van der Waals surface area contributed by atoms with E-state index in [0.29, 0.717) is 0 Å². The fraction of sp³-hybridized carbons (Fsp3) is 0.167. The summed E-state index contributed by atoms with van der Waals surface area (Å²) in [6, 6.07) is 0. The lowest BCUT2D eigenvalue weighted by Crippen LogP contribution is -1.81. The minimum atomic E-state index is 0.0515. The average Bonchev–Trinajstić information content (AvgIpc) is 2.77. The second-order valence-electron chi connectivity index (χ2n) is 4.11. The van der Waals surface area contributed by atoms with E-state index >= 15 is 0 Å².